The van der Waals surface area contributed by atoms with Gasteiger partial charge < -0.3 is 60.6 Å². The number of nitrogens with zero attached hydrogens (tertiary/aromatic N) is 6. The highest BCUT2D eigenvalue weighted by atomic mass is 16.6. The molecule has 0 spiro atoms. The summed E-state index contributed by atoms with van der Waals surface area (Å²) < 4.78 is 24.0. The highest BCUT2D eigenvalue weighted by Gasteiger charge is 2.34. The Hall–Kier alpha value is -5.64. The molecule has 1 amide bonds. The lowest BCUT2D eigenvalue weighted by atomic mass is 9.94. The van der Waals surface area contributed by atoms with Crippen LogP contribution in [-0.4, -0.2) is 113 Å². The lowest BCUT2D eigenvalue weighted by molar-refractivity contribution is -0.161. The van der Waals surface area contributed by atoms with Gasteiger partial charge in [-0.2, -0.15) is 0 Å². The number of anilines is 2. The van der Waals surface area contributed by atoms with Crippen molar-refractivity contribution in [3.63, 3.8) is 0 Å². The molecule has 71 heavy (non-hydrogen) atoms. The van der Waals surface area contributed by atoms with Crippen LogP contribution >= 0.6 is 0 Å². The predicted molar refractivity (Wildman–Crippen MR) is 282 cm³/mol. The largest absolute Gasteiger partial charge is 0.507 e. The Morgan fingerprint density at radius 3 is 2.17 bits per heavy atom. The first-order chi connectivity index (χ1) is 33.8. The Balaban J connectivity index is 0.000000439. The van der Waals surface area contributed by atoms with E-state index >= 15 is 0 Å². The fourth-order valence-corrected chi connectivity index (χ4v) is 9.40. The van der Waals surface area contributed by atoms with Gasteiger partial charge in [-0.15, -0.1) is 0 Å². The second-order valence-corrected chi connectivity index (χ2v) is 21.6. The number of carbonyl (C=O) groups excluding carboxylic acids is 2. The van der Waals surface area contributed by atoms with Gasteiger partial charge in [-0.1, -0.05) is 72.2 Å². The molecule has 3 saturated heterocycles. The average Bonchev–Trinajstić information content (AvgIpc) is 4.03. The topological polar surface area (TPSA) is 212 Å². The second-order valence-electron chi connectivity index (χ2n) is 21.6. The number of likely N-dealkylation sites (tertiary alicyclic amines) is 1. The Kier molecular flexibility index (Phi) is 21.2. The minimum atomic E-state index is -0.478. The number of amides is 1. The third-order valence-corrected chi connectivity index (χ3v) is 13.4. The zero-order valence-corrected chi connectivity index (χ0v) is 44.5. The number of aromatic nitrogens is 2. The van der Waals surface area contributed by atoms with Gasteiger partial charge in [0, 0.05) is 86.5 Å². The van der Waals surface area contributed by atoms with E-state index < -0.39 is 5.60 Å². The molecule has 4 aliphatic rings. The van der Waals surface area contributed by atoms with E-state index in [0.29, 0.717) is 54.2 Å². The summed E-state index contributed by atoms with van der Waals surface area (Å²) in [7, 11) is 0. The molecular weight excluding hydrogens is 899 g/mol. The summed E-state index contributed by atoms with van der Waals surface area (Å²) in [5, 5.41) is 14.7. The summed E-state index contributed by atoms with van der Waals surface area (Å²) in [6, 6.07) is 13.1. The van der Waals surface area contributed by atoms with Crippen LogP contribution < -0.4 is 31.7 Å². The first kappa shape index (κ1) is 56.3. The van der Waals surface area contributed by atoms with Crippen molar-refractivity contribution in [1.29, 1.82) is 0 Å². The molecule has 3 aromatic rings. The molecule has 2 aromatic heterocycles. The molecular formula is C55H87N9O7. The Labute approximate surface area is 424 Å². The monoisotopic (exact) mass is 986 g/mol. The fraction of sp³-hybridized carbons (Fsp3) is 0.636. The molecule has 1 saturated carbocycles. The molecule has 16 heteroatoms. The molecule has 16 nitrogen and oxygen atoms in total. The quantitative estimate of drug-likeness (QED) is 0.0636. The number of phenolic OH excluding ortho intramolecular Hbond substituents is 1. The first-order valence-electron chi connectivity index (χ1n) is 26.2. The van der Waals surface area contributed by atoms with Gasteiger partial charge in [0.1, 0.15) is 35.1 Å². The van der Waals surface area contributed by atoms with Crippen molar-refractivity contribution in [1.82, 2.24) is 19.9 Å². The number of esters is 1. The molecule has 3 aliphatic heterocycles. The maximum absolute atomic E-state index is 11.6. The number of aromatic hydroxyl groups is 1. The minimum absolute atomic E-state index is 0.114. The molecule has 394 valence electrons. The number of rotatable bonds is 15. The van der Waals surface area contributed by atoms with Gasteiger partial charge in [-0.3, -0.25) is 4.79 Å². The second kappa shape index (κ2) is 26.7. The van der Waals surface area contributed by atoms with Gasteiger partial charge in [0.2, 0.25) is 12.3 Å². The Bertz CT molecular complexity index is 2160. The van der Waals surface area contributed by atoms with Crippen LogP contribution in [-0.2, 0) is 19.1 Å². The van der Waals surface area contributed by atoms with Crippen LogP contribution in [0.4, 0.5) is 11.5 Å². The van der Waals surface area contributed by atoms with Crippen LogP contribution in [0.1, 0.15) is 151 Å². The number of piperazine rings is 1. The van der Waals surface area contributed by atoms with Crippen LogP contribution in [0, 0.1) is 11.8 Å². The number of allylic oxidation sites excluding steroid dienone is 1. The van der Waals surface area contributed by atoms with Crippen molar-refractivity contribution < 1.29 is 33.4 Å². The van der Waals surface area contributed by atoms with Crippen LogP contribution in [0.3, 0.4) is 0 Å². The molecule has 7 rings (SSSR count). The maximum Gasteiger partial charge on any atom is 0.329 e. The smallest absolute Gasteiger partial charge is 0.329 e. The number of nitrogens with two attached hydrogens (primary N) is 3. The lowest BCUT2D eigenvalue weighted by Crippen LogP contribution is -2.53. The zero-order chi connectivity index (χ0) is 51.8. The van der Waals surface area contributed by atoms with E-state index in [0.717, 1.165) is 114 Å². The van der Waals surface area contributed by atoms with Gasteiger partial charge >= 0.3 is 5.97 Å². The van der Waals surface area contributed by atoms with E-state index in [-0.39, 0.29) is 47.9 Å². The summed E-state index contributed by atoms with van der Waals surface area (Å²) >= 11 is 0. The van der Waals surface area contributed by atoms with E-state index in [9.17, 15) is 14.7 Å². The highest BCUT2D eigenvalue weighted by Crippen LogP contribution is 2.33. The van der Waals surface area contributed by atoms with E-state index in [4.69, 9.17) is 35.9 Å². The third kappa shape index (κ3) is 17.0. The van der Waals surface area contributed by atoms with Gasteiger partial charge in [0.15, 0.2) is 5.82 Å². The molecule has 4 fully saturated rings. The van der Waals surface area contributed by atoms with Crippen molar-refractivity contribution in [2.75, 3.05) is 49.1 Å². The Morgan fingerprint density at radius 1 is 0.887 bits per heavy atom. The summed E-state index contributed by atoms with van der Waals surface area (Å²) in [5.74, 6) is 4.32. The van der Waals surface area contributed by atoms with Crippen LogP contribution in [0.5, 0.6) is 11.6 Å². The van der Waals surface area contributed by atoms with Gasteiger partial charge in [0.25, 0.3) is 0 Å². The number of phenols is 1. The van der Waals surface area contributed by atoms with Crippen LogP contribution in [0.25, 0.3) is 5.70 Å². The van der Waals surface area contributed by atoms with Crippen molar-refractivity contribution in [3.05, 3.63) is 77.6 Å². The molecule has 3 unspecified atom stereocenters. The molecule has 5 heterocycles. The van der Waals surface area contributed by atoms with E-state index in [2.05, 4.69) is 91.5 Å². The van der Waals surface area contributed by atoms with E-state index in [1.54, 1.807) is 24.3 Å². The summed E-state index contributed by atoms with van der Waals surface area (Å²) in [6.45, 7) is 25.5. The Morgan fingerprint density at radius 2 is 1.55 bits per heavy atom. The third-order valence-electron chi connectivity index (χ3n) is 13.4. The highest BCUT2D eigenvalue weighted by molar-refractivity contribution is 5.79. The van der Waals surface area contributed by atoms with Crippen molar-refractivity contribution >= 4 is 29.6 Å². The number of ether oxygens (including phenoxy) is 3. The lowest BCUT2D eigenvalue weighted by Gasteiger charge is -2.44. The molecule has 7 N–H and O–H groups in total. The first-order valence-corrected chi connectivity index (χ1v) is 26.2. The number of hydrogen-bond donors (Lipinski definition) is 4. The standard InChI is InChI=1S/C41H60N8O4.C10H17NO3.C4H10/c1-5-8-30-26-48(36(41(43)44)24-35(42)34-9-6-7-10-37(34)50)21-22-49(30)29-15-18-45-40(23-29)52-32-13-11-31(12-14-32)51-33-16-19-47(20-17-33)39-25-38(53-46-39)28(4)27(2)3;1-10(2,3)14-9(13)8-5-4-6-11(8)7-12;1-4(2)3/h6-7,9-10,15,18,23-25,27-28,30-33,50H,5,8,11-14,16-17,19-22,26,42-44H2,1-4H3;7-8H,4-6H2,1-3H3;4H,1-3H3/b35-24-;;. The van der Waals surface area contributed by atoms with E-state index in [1.165, 1.54) is 4.90 Å². The van der Waals surface area contributed by atoms with Crippen LogP contribution in [0.15, 0.2) is 70.8 Å². The van der Waals surface area contributed by atoms with Crippen LogP contribution in [0.2, 0.25) is 0 Å². The van der Waals surface area contributed by atoms with Gasteiger partial charge in [0.05, 0.1) is 17.9 Å². The fourth-order valence-electron chi connectivity index (χ4n) is 9.40. The van der Waals surface area contributed by atoms with E-state index in [1.807, 2.05) is 33.0 Å². The number of piperidine rings is 1. The normalized spacial score (nSPS) is 21.5. The molecule has 0 radical (unpaired) electrons. The number of benzene rings is 1. The van der Waals surface area contributed by atoms with Gasteiger partial charge in [-0.05, 0) is 115 Å². The number of hydrogen-bond acceptors (Lipinski definition) is 15. The van der Waals surface area contributed by atoms with Gasteiger partial charge in [-0.25, -0.2) is 9.78 Å². The van der Waals surface area contributed by atoms with Crippen molar-refractivity contribution in [2.45, 2.75) is 175 Å². The number of pyridine rings is 1. The summed E-state index contributed by atoms with van der Waals surface area (Å²) in [6.07, 6.45) is 14.5. The summed E-state index contributed by atoms with van der Waals surface area (Å²) in [4.78, 5) is 35.3. The van der Waals surface area contributed by atoms with Crippen molar-refractivity contribution in [3.8, 4) is 11.6 Å². The number of para-hydroxylation sites is 1. The SMILES string of the molecule is CC(C)(C)OC(=O)C1CCCN1C=O.CC(C)C.CCCC1CN(C(/C=C(\N)c2ccccc2O)=C(N)N)CCN1c1ccnc(OC2CCC(OC3CCN(c4cc(C(C)C(C)C)on4)CC3)CC2)c1. The summed E-state index contributed by atoms with van der Waals surface area (Å²) in [5.41, 5.74) is 21.1. The number of carbonyl (C=O) groups is 2. The molecule has 1 aromatic carbocycles. The molecule has 3 atom stereocenters. The molecule has 1 aliphatic carbocycles. The average molecular weight is 986 g/mol. The molecule has 0 bridgehead atoms. The minimum Gasteiger partial charge on any atom is -0.507 e. The zero-order valence-electron chi connectivity index (χ0n) is 44.5. The predicted octanol–water partition coefficient (Wildman–Crippen LogP) is 8.90. The van der Waals surface area contributed by atoms with Crippen molar-refractivity contribution in [2.24, 2.45) is 29.0 Å². The maximum atomic E-state index is 11.6.